The number of sulfonamides is 1. The maximum Gasteiger partial charge on any atom is 0.260 e. The number of benzene rings is 2. The Morgan fingerprint density at radius 2 is 1.90 bits per heavy atom. The number of nitrogens with zero attached hydrogens (tertiary/aromatic N) is 3. The first-order valence-corrected chi connectivity index (χ1v) is 15.3. The molecule has 2 aromatic carbocycles. The Morgan fingerprint density at radius 1 is 1.12 bits per heavy atom. The van der Waals surface area contributed by atoms with Crippen molar-refractivity contribution < 1.29 is 21.6 Å². The standard InChI is InChI=1S/C29H31F3N6O3S/c1-3-17(2)38-27-20(13-34-29(36-27)35-22-12-21(30)14-33-15-22)10-23(28(38)39)18-8-9-26(25(32)11-18)37-42(40,41)16-19-6-4-5-7-24(19)31/h4-11,13,17,21-22,33,37H,3,12,14-16H2,1-2H3,(H,34,35,36)/t17-,21+,22+/m1/s1. The summed E-state index contributed by atoms with van der Waals surface area (Å²) in [5.41, 5.74) is 0.0175. The van der Waals surface area contributed by atoms with E-state index in [0.29, 0.717) is 37.0 Å². The lowest BCUT2D eigenvalue weighted by Gasteiger charge is -2.26. The topological polar surface area (TPSA) is 118 Å². The Balaban J connectivity index is 1.47. The normalized spacial score (nSPS) is 18.1. The lowest BCUT2D eigenvalue weighted by Crippen LogP contribution is -2.44. The van der Waals surface area contributed by atoms with Gasteiger partial charge in [0.25, 0.3) is 5.56 Å². The average Bonchev–Trinajstić information content (AvgIpc) is 2.94. The molecule has 1 aliphatic rings. The summed E-state index contributed by atoms with van der Waals surface area (Å²) >= 11 is 0. The average molecular weight is 601 g/mol. The minimum atomic E-state index is -4.13. The van der Waals surface area contributed by atoms with E-state index < -0.39 is 39.1 Å². The number of alkyl halides is 1. The molecule has 0 unspecified atom stereocenters. The van der Waals surface area contributed by atoms with Crippen LogP contribution in [-0.4, -0.2) is 48.3 Å². The molecule has 0 spiro atoms. The number of anilines is 2. The van der Waals surface area contributed by atoms with Crippen LogP contribution in [0.25, 0.3) is 22.2 Å². The van der Waals surface area contributed by atoms with Crippen LogP contribution in [0.15, 0.2) is 59.5 Å². The summed E-state index contributed by atoms with van der Waals surface area (Å²) in [5.74, 6) is -1.99. The SMILES string of the molecule is CC[C@@H](C)n1c(=O)c(-c2ccc(NS(=O)(=O)Cc3ccccc3F)c(F)c2)cc2cnc(N[C@@H]3CNC[C@@H](F)C3)nc21. The van der Waals surface area contributed by atoms with E-state index in [1.165, 1.54) is 34.9 Å². The van der Waals surface area contributed by atoms with E-state index in [-0.39, 0.29) is 40.4 Å². The molecule has 0 amide bonds. The van der Waals surface area contributed by atoms with E-state index in [4.69, 9.17) is 0 Å². The number of piperidine rings is 1. The van der Waals surface area contributed by atoms with Gasteiger partial charge in [0, 0.05) is 54.3 Å². The maximum atomic E-state index is 15.2. The van der Waals surface area contributed by atoms with E-state index in [2.05, 4.69) is 25.3 Å². The lowest BCUT2D eigenvalue weighted by molar-refractivity contribution is 0.254. The highest BCUT2D eigenvalue weighted by atomic mass is 32.2. The predicted molar refractivity (Wildman–Crippen MR) is 157 cm³/mol. The molecule has 9 nitrogen and oxygen atoms in total. The van der Waals surface area contributed by atoms with E-state index in [0.717, 1.165) is 12.1 Å². The number of pyridine rings is 1. The molecule has 1 fully saturated rings. The second-order valence-electron chi connectivity index (χ2n) is 10.4. The molecule has 1 saturated heterocycles. The Kier molecular flexibility index (Phi) is 8.50. The molecule has 3 heterocycles. The number of nitrogens with one attached hydrogen (secondary N) is 3. The third kappa shape index (κ3) is 6.41. The van der Waals surface area contributed by atoms with Gasteiger partial charge in [-0.1, -0.05) is 31.2 Å². The molecular weight excluding hydrogens is 569 g/mol. The van der Waals surface area contributed by atoms with Crippen molar-refractivity contribution in [2.45, 2.75) is 50.7 Å². The summed E-state index contributed by atoms with van der Waals surface area (Å²) in [5, 5.41) is 6.69. The lowest BCUT2D eigenvalue weighted by atomic mass is 10.0. The number of rotatable bonds is 9. The van der Waals surface area contributed by atoms with Gasteiger partial charge in [0.05, 0.1) is 11.4 Å². The summed E-state index contributed by atoms with van der Waals surface area (Å²) < 4.78 is 71.9. The van der Waals surface area contributed by atoms with Crippen LogP contribution >= 0.6 is 0 Å². The fourth-order valence-electron chi connectivity index (χ4n) is 4.96. The molecule has 0 aliphatic carbocycles. The molecular formula is C29H31F3N6O3S. The fraction of sp³-hybridized carbons (Fsp3) is 0.345. The van der Waals surface area contributed by atoms with Gasteiger partial charge in [0.15, 0.2) is 0 Å². The van der Waals surface area contributed by atoms with E-state index in [1.807, 2.05) is 13.8 Å². The molecule has 0 radical (unpaired) electrons. The molecule has 0 saturated carbocycles. The highest BCUT2D eigenvalue weighted by Crippen LogP contribution is 2.27. The number of hydrogen-bond donors (Lipinski definition) is 3. The van der Waals surface area contributed by atoms with Gasteiger partial charge in [-0.25, -0.2) is 26.6 Å². The minimum absolute atomic E-state index is 0.0496. The number of aromatic nitrogens is 3. The van der Waals surface area contributed by atoms with Crippen molar-refractivity contribution in [3.8, 4) is 11.1 Å². The minimum Gasteiger partial charge on any atom is -0.350 e. The number of fused-ring (bicyclic) bond motifs is 1. The fourth-order valence-corrected chi connectivity index (χ4v) is 6.18. The third-order valence-corrected chi connectivity index (χ3v) is 8.51. The van der Waals surface area contributed by atoms with Crippen molar-refractivity contribution >= 4 is 32.7 Å². The maximum absolute atomic E-state index is 15.2. The van der Waals surface area contributed by atoms with Crippen molar-refractivity contribution in [2.75, 3.05) is 23.1 Å². The van der Waals surface area contributed by atoms with Gasteiger partial charge in [-0.15, -0.1) is 0 Å². The van der Waals surface area contributed by atoms with Crippen LogP contribution in [0.3, 0.4) is 0 Å². The van der Waals surface area contributed by atoms with Crippen molar-refractivity contribution in [1.82, 2.24) is 19.9 Å². The first-order valence-electron chi connectivity index (χ1n) is 13.6. The summed E-state index contributed by atoms with van der Waals surface area (Å²) in [6, 6.07) is 10.3. The monoisotopic (exact) mass is 600 g/mol. The Hall–Kier alpha value is -3.97. The molecule has 4 aromatic rings. The van der Waals surface area contributed by atoms with Gasteiger partial charge in [-0.2, -0.15) is 4.98 Å². The Bertz CT molecular complexity index is 1780. The van der Waals surface area contributed by atoms with Crippen LogP contribution in [0, 0.1) is 11.6 Å². The van der Waals surface area contributed by atoms with Crippen LogP contribution in [0.1, 0.15) is 38.3 Å². The molecule has 13 heteroatoms. The molecule has 42 heavy (non-hydrogen) atoms. The van der Waals surface area contributed by atoms with Crippen LogP contribution in [0.4, 0.5) is 24.8 Å². The second kappa shape index (κ2) is 12.1. The summed E-state index contributed by atoms with van der Waals surface area (Å²) in [4.78, 5) is 22.7. The smallest absolute Gasteiger partial charge is 0.260 e. The van der Waals surface area contributed by atoms with Crippen LogP contribution in [0.5, 0.6) is 0 Å². The predicted octanol–water partition coefficient (Wildman–Crippen LogP) is 4.76. The van der Waals surface area contributed by atoms with E-state index in [9.17, 15) is 22.0 Å². The van der Waals surface area contributed by atoms with Crippen molar-refractivity contribution in [2.24, 2.45) is 0 Å². The van der Waals surface area contributed by atoms with Crippen LogP contribution in [-0.2, 0) is 15.8 Å². The Labute approximate surface area is 241 Å². The van der Waals surface area contributed by atoms with Crippen molar-refractivity contribution in [1.29, 1.82) is 0 Å². The zero-order valence-electron chi connectivity index (χ0n) is 23.1. The van der Waals surface area contributed by atoms with Gasteiger partial charge in [0.1, 0.15) is 23.5 Å². The molecule has 2 aromatic heterocycles. The van der Waals surface area contributed by atoms with E-state index in [1.54, 1.807) is 12.3 Å². The van der Waals surface area contributed by atoms with Gasteiger partial charge in [-0.3, -0.25) is 14.1 Å². The highest BCUT2D eigenvalue weighted by Gasteiger charge is 2.23. The van der Waals surface area contributed by atoms with Crippen LogP contribution in [0.2, 0.25) is 0 Å². The van der Waals surface area contributed by atoms with Gasteiger partial charge < -0.3 is 10.6 Å². The number of halogens is 3. The first kappa shape index (κ1) is 29.5. The van der Waals surface area contributed by atoms with Gasteiger partial charge >= 0.3 is 0 Å². The second-order valence-corrected chi connectivity index (χ2v) is 12.2. The quantitative estimate of drug-likeness (QED) is 0.254. The molecule has 3 atom stereocenters. The summed E-state index contributed by atoms with van der Waals surface area (Å²) in [6.07, 6.45) is 1.49. The zero-order valence-corrected chi connectivity index (χ0v) is 23.9. The van der Waals surface area contributed by atoms with E-state index >= 15 is 4.39 Å². The third-order valence-electron chi connectivity index (χ3n) is 7.28. The van der Waals surface area contributed by atoms with Gasteiger partial charge in [-0.05, 0) is 43.2 Å². The molecule has 5 rings (SSSR count). The number of hydrogen-bond acceptors (Lipinski definition) is 7. The summed E-state index contributed by atoms with van der Waals surface area (Å²) in [6.45, 7) is 4.65. The molecule has 3 N–H and O–H groups in total. The first-order chi connectivity index (χ1) is 20.0. The van der Waals surface area contributed by atoms with Crippen molar-refractivity contribution in [3.63, 3.8) is 0 Å². The Morgan fingerprint density at radius 3 is 2.62 bits per heavy atom. The molecule has 1 aliphatic heterocycles. The summed E-state index contributed by atoms with van der Waals surface area (Å²) in [7, 11) is -4.13. The largest absolute Gasteiger partial charge is 0.350 e. The van der Waals surface area contributed by atoms with Crippen molar-refractivity contribution in [3.05, 3.63) is 82.3 Å². The van der Waals surface area contributed by atoms with Crippen LogP contribution < -0.4 is 20.9 Å². The zero-order chi connectivity index (χ0) is 30.0. The molecule has 0 bridgehead atoms. The highest BCUT2D eigenvalue weighted by molar-refractivity contribution is 7.91. The molecule has 222 valence electrons. The van der Waals surface area contributed by atoms with Gasteiger partial charge in [0.2, 0.25) is 16.0 Å².